The number of halogens is 1. The normalized spacial score (nSPS) is 21.6. The zero-order valence-electron chi connectivity index (χ0n) is 23.5. The first-order valence-electron chi connectivity index (χ1n) is 14.1. The van der Waals surface area contributed by atoms with Gasteiger partial charge in [0.15, 0.2) is 16.1 Å². The molecule has 1 spiro atoms. The molecule has 3 aromatic rings. The summed E-state index contributed by atoms with van der Waals surface area (Å²) in [6.45, 7) is 7.19. The van der Waals surface area contributed by atoms with Gasteiger partial charge in [-0.2, -0.15) is 5.26 Å². The minimum Gasteiger partial charge on any atom is -0.389 e. The summed E-state index contributed by atoms with van der Waals surface area (Å²) in [4.78, 5) is 31.1. The number of anilines is 2. The van der Waals surface area contributed by atoms with Crippen LogP contribution in [-0.4, -0.2) is 105 Å². The first kappa shape index (κ1) is 27.6. The number of aromatic nitrogens is 3. The Hall–Kier alpha value is -3.22. The predicted octanol–water partition coefficient (Wildman–Crippen LogP) is 2.49. The van der Waals surface area contributed by atoms with Gasteiger partial charge in [0.1, 0.15) is 28.0 Å². The number of aryl methyl sites for hydroxylation is 1. The van der Waals surface area contributed by atoms with Crippen LogP contribution in [-0.2, 0) is 11.2 Å². The zero-order valence-corrected chi connectivity index (χ0v) is 25.1. The number of β-amino-alcohol motifs (C(OH)–C–C–N with tert-alkyl or cyclic N) is 1. The number of nitrogens with one attached hydrogen (secondary N) is 1. The highest BCUT2D eigenvalue weighted by Crippen LogP contribution is 2.46. The van der Waals surface area contributed by atoms with Crippen molar-refractivity contribution in [3.63, 3.8) is 0 Å². The Bertz CT molecular complexity index is 1560. The van der Waals surface area contributed by atoms with Crippen LogP contribution in [0.1, 0.15) is 23.9 Å². The van der Waals surface area contributed by atoms with E-state index < -0.39 is 0 Å². The van der Waals surface area contributed by atoms with Crippen molar-refractivity contribution in [2.24, 2.45) is 5.41 Å². The van der Waals surface area contributed by atoms with E-state index in [1.165, 1.54) is 23.5 Å². The largest absolute Gasteiger partial charge is 0.389 e. The second-order valence-electron chi connectivity index (χ2n) is 11.6. The molecule has 1 aromatic carbocycles. The first-order chi connectivity index (χ1) is 20.3. The van der Waals surface area contributed by atoms with E-state index in [0.717, 1.165) is 55.7 Å². The molecule has 0 bridgehead atoms. The van der Waals surface area contributed by atoms with Gasteiger partial charge in [-0.1, -0.05) is 18.3 Å². The molecule has 1 amide bonds. The lowest BCUT2D eigenvalue weighted by atomic mass is 9.79. The number of imidazole rings is 1. The summed E-state index contributed by atoms with van der Waals surface area (Å²) in [5.41, 5.74) is 6.09. The molecule has 1 atom stereocenters. The van der Waals surface area contributed by atoms with Crippen LogP contribution in [0.25, 0.3) is 11.3 Å². The third kappa shape index (κ3) is 4.73. The summed E-state index contributed by atoms with van der Waals surface area (Å²) in [6, 6.07) is 8.29. The molecule has 11 nitrogen and oxygen atoms in total. The Morgan fingerprint density at radius 3 is 2.71 bits per heavy atom. The number of likely N-dealkylation sites (tertiary alicyclic amines) is 3. The van der Waals surface area contributed by atoms with Gasteiger partial charge in [0, 0.05) is 50.7 Å². The van der Waals surface area contributed by atoms with Crippen LogP contribution in [0.4, 0.5) is 15.3 Å². The molecule has 4 aliphatic heterocycles. The van der Waals surface area contributed by atoms with Crippen molar-refractivity contribution in [2.75, 3.05) is 63.2 Å². The third-order valence-electron chi connectivity index (χ3n) is 8.62. The number of benzene rings is 1. The number of aliphatic hydroxyl groups is 1. The highest BCUT2D eigenvalue weighted by molar-refractivity contribution is 8.00. The quantitative estimate of drug-likeness (QED) is 0.414. The van der Waals surface area contributed by atoms with Gasteiger partial charge >= 0.3 is 0 Å². The van der Waals surface area contributed by atoms with Crippen molar-refractivity contribution >= 4 is 40.0 Å². The molecule has 1 unspecified atom stereocenters. The van der Waals surface area contributed by atoms with Crippen molar-refractivity contribution in [3.8, 4) is 17.3 Å². The topological polar surface area (TPSA) is 117 Å². The molecule has 0 saturated carbocycles. The Balaban J connectivity index is 1.03. The number of hydrogen-bond donors (Lipinski definition) is 2. The molecule has 3 saturated heterocycles. The fraction of sp³-hybridized carbons (Fsp3) is 0.500. The van der Waals surface area contributed by atoms with Crippen LogP contribution in [0.5, 0.6) is 0 Å². The van der Waals surface area contributed by atoms with E-state index in [1.54, 1.807) is 28.8 Å². The highest BCUT2D eigenvalue weighted by Gasteiger charge is 2.51. The highest BCUT2D eigenvalue weighted by atomic mass is 32.2. The van der Waals surface area contributed by atoms with Gasteiger partial charge < -0.3 is 14.9 Å². The molecule has 0 radical (unpaired) electrons. The minimum absolute atomic E-state index is 0.0511. The maximum absolute atomic E-state index is 13.5. The molecule has 6 heterocycles. The van der Waals surface area contributed by atoms with E-state index in [1.807, 2.05) is 16.6 Å². The van der Waals surface area contributed by atoms with Crippen molar-refractivity contribution in [1.29, 1.82) is 5.26 Å². The van der Waals surface area contributed by atoms with Gasteiger partial charge in [-0.15, -0.1) is 0 Å². The third-order valence-corrected chi connectivity index (χ3v) is 10.8. The Kier molecular flexibility index (Phi) is 6.90. The Morgan fingerprint density at radius 2 is 2.02 bits per heavy atom. The molecule has 14 heteroatoms. The van der Waals surface area contributed by atoms with E-state index >= 15 is 0 Å². The fourth-order valence-electron chi connectivity index (χ4n) is 6.38. The molecule has 220 valence electrons. The Labute approximate surface area is 251 Å². The maximum Gasteiger partial charge on any atom is 0.236 e. The summed E-state index contributed by atoms with van der Waals surface area (Å²) >= 11 is 3.01. The van der Waals surface area contributed by atoms with Gasteiger partial charge in [0.25, 0.3) is 0 Å². The van der Waals surface area contributed by atoms with E-state index in [0.29, 0.717) is 40.9 Å². The number of thiazole rings is 1. The Morgan fingerprint density at radius 1 is 1.26 bits per heavy atom. The van der Waals surface area contributed by atoms with Crippen LogP contribution in [0.15, 0.2) is 29.4 Å². The lowest BCUT2D eigenvalue weighted by molar-refractivity contribution is -0.142. The van der Waals surface area contributed by atoms with Gasteiger partial charge in [-0.3, -0.25) is 20.0 Å². The molecular formula is C28H32FN9O2S2. The van der Waals surface area contributed by atoms with E-state index in [9.17, 15) is 19.6 Å². The average Bonchev–Trinajstić information content (AvgIpc) is 3.71. The van der Waals surface area contributed by atoms with Crippen molar-refractivity contribution in [3.05, 3.63) is 40.7 Å². The van der Waals surface area contributed by atoms with E-state index in [-0.39, 0.29) is 28.7 Å². The van der Waals surface area contributed by atoms with Crippen molar-refractivity contribution < 1.29 is 14.3 Å². The minimum atomic E-state index is -0.366. The predicted molar refractivity (Wildman–Crippen MR) is 159 cm³/mol. The van der Waals surface area contributed by atoms with Gasteiger partial charge in [-0.25, -0.2) is 19.0 Å². The summed E-state index contributed by atoms with van der Waals surface area (Å²) in [6.07, 6.45) is 1.46. The lowest BCUT2D eigenvalue weighted by Crippen LogP contribution is -2.62. The number of fused-ring (bicyclic) bond motifs is 1. The number of carbonyl (C=O) groups excluding carboxylic acids is 1. The molecule has 2 N–H and O–H groups in total. The number of aliphatic hydroxyl groups excluding tert-OH is 1. The van der Waals surface area contributed by atoms with Crippen LogP contribution in [0, 0.1) is 22.6 Å². The molecule has 42 heavy (non-hydrogen) atoms. The number of nitriles is 1. The average molecular weight is 610 g/mol. The summed E-state index contributed by atoms with van der Waals surface area (Å²) in [5, 5.41) is 20.8. The summed E-state index contributed by atoms with van der Waals surface area (Å²) in [7, 11) is 1.94. The van der Waals surface area contributed by atoms with Gasteiger partial charge in [0.2, 0.25) is 5.91 Å². The molecular weight excluding hydrogens is 578 g/mol. The second-order valence-corrected chi connectivity index (χ2v) is 13.6. The molecule has 0 aliphatic carbocycles. The standard InChI is InChI=1S/C28H32FN9O2S2/c1-3-20-24(34(2)25-32-23(21(10-30)41-25)17-4-6-18(29)7-5-17)38-26(31-20)42-27(33-38)37-15-28(16-37)8-9-35(14-28)13-22(40)36-11-19(39)12-36/h4-7,19,27,33,39H,3,8-9,11-16H2,1-2H3. The fourth-order valence-corrected chi connectivity index (χ4v) is 8.29. The lowest BCUT2D eigenvalue weighted by Gasteiger charge is -2.50. The second kappa shape index (κ2) is 10.5. The van der Waals surface area contributed by atoms with Crippen LogP contribution in [0.3, 0.4) is 0 Å². The number of hydrogen-bond acceptors (Lipinski definition) is 11. The molecule has 7 rings (SSSR count). The monoisotopic (exact) mass is 609 g/mol. The SMILES string of the molecule is CCc1nc2n(c1N(C)c1nc(-c3ccc(F)cc3)c(C#N)s1)NC(N1CC3(CCN(CC(=O)N4CC(O)C4)C3)C1)S2. The summed E-state index contributed by atoms with van der Waals surface area (Å²) < 4.78 is 15.5. The summed E-state index contributed by atoms with van der Waals surface area (Å²) in [5.74, 6) is 0.674. The maximum atomic E-state index is 13.5. The van der Waals surface area contributed by atoms with Gasteiger partial charge in [-0.05, 0) is 55.4 Å². The van der Waals surface area contributed by atoms with Crippen molar-refractivity contribution in [1.82, 2.24) is 29.3 Å². The molecule has 3 fully saturated rings. The van der Waals surface area contributed by atoms with Gasteiger partial charge in [0.05, 0.1) is 18.3 Å². The smallest absolute Gasteiger partial charge is 0.236 e. The van der Waals surface area contributed by atoms with E-state index in [4.69, 9.17) is 9.97 Å². The number of carbonyl (C=O) groups is 1. The number of nitrogens with zero attached hydrogens (tertiary/aromatic N) is 8. The number of rotatable bonds is 7. The van der Waals surface area contributed by atoms with Crippen LogP contribution >= 0.6 is 23.1 Å². The number of amides is 1. The van der Waals surface area contributed by atoms with Crippen molar-refractivity contribution in [2.45, 2.75) is 36.5 Å². The van der Waals surface area contributed by atoms with Crippen LogP contribution in [0.2, 0.25) is 0 Å². The zero-order chi connectivity index (χ0) is 29.2. The molecule has 2 aromatic heterocycles. The first-order valence-corrected chi connectivity index (χ1v) is 15.8. The van der Waals surface area contributed by atoms with Crippen LogP contribution < -0.4 is 10.3 Å². The molecule has 4 aliphatic rings. The van der Waals surface area contributed by atoms with E-state index in [2.05, 4.69) is 28.2 Å². The number of thioether (sulfide) groups is 1.